The van der Waals surface area contributed by atoms with Gasteiger partial charge in [0.25, 0.3) is 0 Å². The third-order valence-corrected chi connectivity index (χ3v) is 3.85. The fourth-order valence-electron chi connectivity index (χ4n) is 1.98. The summed E-state index contributed by atoms with van der Waals surface area (Å²) in [6.45, 7) is 3.82. The van der Waals surface area contributed by atoms with Crippen LogP contribution in [0.3, 0.4) is 0 Å². The molecule has 0 aliphatic carbocycles. The molecule has 0 spiro atoms. The number of aromatic nitrogens is 2. The van der Waals surface area contributed by atoms with Crippen molar-refractivity contribution in [3.8, 4) is 11.5 Å². The number of carbonyl (C=O) groups is 1. The lowest BCUT2D eigenvalue weighted by Gasteiger charge is -2.09. The Labute approximate surface area is 134 Å². The van der Waals surface area contributed by atoms with Gasteiger partial charge in [-0.25, -0.2) is 9.97 Å². The smallest absolute Gasteiger partial charge is 0.188 e. The molecule has 0 saturated carbocycles. The minimum Gasteiger partial charge on any atom is -0.493 e. The van der Waals surface area contributed by atoms with E-state index in [9.17, 15) is 4.79 Å². The Morgan fingerprint density at radius 1 is 1.05 bits per heavy atom. The molecule has 22 heavy (non-hydrogen) atoms. The number of methoxy groups -OCH3 is 2. The third kappa shape index (κ3) is 3.98. The first kappa shape index (κ1) is 16.3. The van der Waals surface area contributed by atoms with Crippen LogP contribution in [0.25, 0.3) is 0 Å². The Balaban J connectivity index is 2.09. The number of carbonyl (C=O) groups excluding carboxylic acids is 1. The molecule has 2 rings (SSSR count). The summed E-state index contributed by atoms with van der Waals surface area (Å²) in [4.78, 5) is 20.9. The van der Waals surface area contributed by atoms with E-state index in [0.717, 1.165) is 11.4 Å². The monoisotopic (exact) mass is 318 g/mol. The van der Waals surface area contributed by atoms with E-state index in [-0.39, 0.29) is 11.5 Å². The SMILES string of the molecule is COc1ccc(C(=O)CSc2nc(C)cc(C)n2)cc1OC. The molecule has 0 radical (unpaired) electrons. The second kappa shape index (κ2) is 7.26. The zero-order valence-corrected chi connectivity index (χ0v) is 13.9. The summed E-state index contributed by atoms with van der Waals surface area (Å²) in [6, 6.07) is 7.04. The van der Waals surface area contributed by atoms with E-state index in [4.69, 9.17) is 9.47 Å². The molecule has 0 amide bonds. The number of aryl methyl sites for hydroxylation is 2. The predicted octanol–water partition coefficient (Wildman–Crippen LogP) is 3.09. The van der Waals surface area contributed by atoms with Gasteiger partial charge >= 0.3 is 0 Å². The van der Waals surface area contributed by atoms with Gasteiger partial charge in [0.1, 0.15) is 0 Å². The highest BCUT2D eigenvalue weighted by Gasteiger charge is 2.12. The maximum atomic E-state index is 12.3. The highest BCUT2D eigenvalue weighted by Crippen LogP contribution is 2.28. The Kier molecular flexibility index (Phi) is 5.38. The third-order valence-electron chi connectivity index (χ3n) is 3.00. The molecule has 1 aromatic carbocycles. The summed E-state index contributed by atoms with van der Waals surface area (Å²) < 4.78 is 10.4. The first-order valence-electron chi connectivity index (χ1n) is 6.74. The summed E-state index contributed by atoms with van der Waals surface area (Å²) in [7, 11) is 3.11. The van der Waals surface area contributed by atoms with E-state index in [2.05, 4.69) is 9.97 Å². The van der Waals surface area contributed by atoms with Gasteiger partial charge in [0, 0.05) is 17.0 Å². The minimum absolute atomic E-state index is 0.00582. The number of Topliss-reactive ketones (excluding diaryl/α,β-unsaturated/α-hetero) is 1. The van der Waals surface area contributed by atoms with Gasteiger partial charge in [-0.1, -0.05) is 11.8 Å². The predicted molar refractivity (Wildman–Crippen MR) is 86.1 cm³/mol. The number of nitrogens with zero attached hydrogens (tertiary/aromatic N) is 2. The van der Waals surface area contributed by atoms with Crippen LogP contribution in [-0.2, 0) is 0 Å². The van der Waals surface area contributed by atoms with E-state index in [0.29, 0.717) is 22.2 Å². The highest BCUT2D eigenvalue weighted by molar-refractivity contribution is 7.99. The molecule has 0 unspecified atom stereocenters. The molecule has 0 atom stereocenters. The molecular formula is C16H18N2O3S. The molecule has 6 heteroatoms. The average molecular weight is 318 g/mol. The van der Waals surface area contributed by atoms with Crippen molar-refractivity contribution < 1.29 is 14.3 Å². The van der Waals surface area contributed by atoms with E-state index < -0.39 is 0 Å². The second-order valence-electron chi connectivity index (χ2n) is 4.71. The molecule has 1 heterocycles. The van der Waals surface area contributed by atoms with Gasteiger partial charge in [-0.15, -0.1) is 0 Å². The Bertz CT molecular complexity index is 669. The number of rotatable bonds is 6. The van der Waals surface area contributed by atoms with E-state index in [1.165, 1.54) is 11.8 Å². The van der Waals surface area contributed by atoms with Crippen LogP contribution < -0.4 is 9.47 Å². The van der Waals surface area contributed by atoms with Crippen molar-refractivity contribution in [1.29, 1.82) is 0 Å². The summed E-state index contributed by atoms with van der Waals surface area (Å²) in [6.07, 6.45) is 0. The minimum atomic E-state index is -0.00582. The van der Waals surface area contributed by atoms with Crippen LogP contribution in [0.5, 0.6) is 11.5 Å². The van der Waals surface area contributed by atoms with Crippen molar-refractivity contribution in [2.24, 2.45) is 0 Å². The molecule has 0 saturated heterocycles. The van der Waals surface area contributed by atoms with Gasteiger partial charge in [0.15, 0.2) is 22.4 Å². The van der Waals surface area contributed by atoms with Crippen molar-refractivity contribution in [1.82, 2.24) is 9.97 Å². The van der Waals surface area contributed by atoms with Gasteiger partial charge < -0.3 is 9.47 Å². The fourth-order valence-corrected chi connectivity index (χ4v) is 2.83. The number of ketones is 1. The molecule has 0 aliphatic rings. The highest BCUT2D eigenvalue weighted by atomic mass is 32.2. The number of benzene rings is 1. The lowest BCUT2D eigenvalue weighted by atomic mass is 10.1. The van der Waals surface area contributed by atoms with Gasteiger partial charge in [0.2, 0.25) is 0 Å². The first-order valence-corrected chi connectivity index (χ1v) is 7.72. The van der Waals surface area contributed by atoms with Crippen molar-refractivity contribution in [3.05, 3.63) is 41.2 Å². The molecule has 0 N–H and O–H groups in total. The lowest BCUT2D eigenvalue weighted by Crippen LogP contribution is -2.04. The van der Waals surface area contributed by atoms with E-state index in [1.54, 1.807) is 32.4 Å². The van der Waals surface area contributed by atoms with E-state index in [1.807, 2.05) is 19.9 Å². The fraction of sp³-hybridized carbons (Fsp3) is 0.312. The standard InChI is InChI=1S/C16H18N2O3S/c1-10-7-11(2)18-16(17-10)22-9-13(19)12-5-6-14(20-3)15(8-12)21-4/h5-8H,9H2,1-4H3. The van der Waals surface area contributed by atoms with Crippen LogP contribution in [0.15, 0.2) is 29.4 Å². The average Bonchev–Trinajstić information content (AvgIpc) is 2.51. The van der Waals surface area contributed by atoms with Crippen LogP contribution in [0.2, 0.25) is 0 Å². The quantitative estimate of drug-likeness (QED) is 0.463. The van der Waals surface area contributed by atoms with Gasteiger partial charge in [-0.3, -0.25) is 4.79 Å². The van der Waals surface area contributed by atoms with Crippen molar-refractivity contribution >= 4 is 17.5 Å². The summed E-state index contributed by atoms with van der Waals surface area (Å²) >= 11 is 1.33. The number of hydrogen-bond donors (Lipinski definition) is 0. The maximum absolute atomic E-state index is 12.3. The molecular weight excluding hydrogens is 300 g/mol. The topological polar surface area (TPSA) is 61.3 Å². The molecule has 116 valence electrons. The Morgan fingerprint density at radius 3 is 2.27 bits per heavy atom. The Morgan fingerprint density at radius 2 is 1.68 bits per heavy atom. The molecule has 0 fully saturated rings. The van der Waals surface area contributed by atoms with E-state index >= 15 is 0 Å². The Hall–Kier alpha value is -2.08. The lowest BCUT2D eigenvalue weighted by molar-refractivity contribution is 0.102. The van der Waals surface area contributed by atoms with Crippen LogP contribution in [0.4, 0.5) is 0 Å². The zero-order valence-electron chi connectivity index (χ0n) is 13.0. The number of hydrogen-bond acceptors (Lipinski definition) is 6. The summed E-state index contributed by atoms with van der Waals surface area (Å²) in [5.41, 5.74) is 2.37. The zero-order chi connectivity index (χ0) is 16.1. The molecule has 5 nitrogen and oxygen atoms in total. The van der Waals surface area contributed by atoms with Gasteiger partial charge in [-0.2, -0.15) is 0 Å². The molecule has 2 aromatic rings. The van der Waals surface area contributed by atoms with Crippen LogP contribution >= 0.6 is 11.8 Å². The van der Waals surface area contributed by atoms with Crippen molar-refractivity contribution in [2.75, 3.05) is 20.0 Å². The number of thioether (sulfide) groups is 1. The van der Waals surface area contributed by atoms with Crippen molar-refractivity contribution in [3.63, 3.8) is 0 Å². The molecule has 0 bridgehead atoms. The normalized spacial score (nSPS) is 10.4. The summed E-state index contributed by atoms with van der Waals surface area (Å²) in [5, 5.41) is 0.617. The van der Waals surface area contributed by atoms with Crippen molar-refractivity contribution in [2.45, 2.75) is 19.0 Å². The second-order valence-corrected chi connectivity index (χ2v) is 5.66. The van der Waals surface area contributed by atoms with Crippen LogP contribution in [0, 0.1) is 13.8 Å². The largest absolute Gasteiger partial charge is 0.493 e. The molecule has 1 aromatic heterocycles. The first-order chi connectivity index (χ1) is 10.5. The van der Waals surface area contributed by atoms with Gasteiger partial charge in [-0.05, 0) is 38.1 Å². The molecule has 0 aliphatic heterocycles. The van der Waals surface area contributed by atoms with Gasteiger partial charge in [0.05, 0.1) is 20.0 Å². The maximum Gasteiger partial charge on any atom is 0.188 e. The number of ether oxygens (including phenoxy) is 2. The van der Waals surface area contributed by atoms with Crippen LogP contribution in [-0.4, -0.2) is 35.7 Å². The summed E-state index contributed by atoms with van der Waals surface area (Å²) in [5.74, 6) is 1.41. The van der Waals surface area contributed by atoms with Crippen LogP contribution in [0.1, 0.15) is 21.7 Å².